The van der Waals surface area contributed by atoms with Gasteiger partial charge in [-0.2, -0.15) is 0 Å². The van der Waals surface area contributed by atoms with Crippen molar-refractivity contribution in [1.29, 1.82) is 0 Å². The number of carbonyl (C=O) groups excluding carboxylic acids is 3. The molecule has 0 radical (unpaired) electrons. The summed E-state index contributed by atoms with van der Waals surface area (Å²) in [5.41, 5.74) is -0.397. The third-order valence-corrected chi connectivity index (χ3v) is 6.69. The normalized spacial score (nSPS) is 22.6. The van der Waals surface area contributed by atoms with Gasteiger partial charge in [0.2, 0.25) is 5.91 Å². The second kappa shape index (κ2) is 12.1. The minimum atomic E-state index is -3.99. The van der Waals surface area contributed by atoms with Gasteiger partial charge in [-0.15, -0.1) is 0 Å². The van der Waals surface area contributed by atoms with Crippen molar-refractivity contribution in [1.82, 2.24) is 10.4 Å². The van der Waals surface area contributed by atoms with Crippen LogP contribution in [0.5, 0.6) is 0 Å². The Morgan fingerprint density at radius 3 is 2.49 bits per heavy atom. The van der Waals surface area contributed by atoms with Crippen LogP contribution >= 0.6 is 7.75 Å². The third-order valence-electron chi connectivity index (χ3n) is 5.03. The zero-order valence-electron chi connectivity index (χ0n) is 21.3. The van der Waals surface area contributed by atoms with Crippen molar-refractivity contribution < 1.29 is 37.5 Å². The van der Waals surface area contributed by atoms with E-state index in [9.17, 15) is 18.9 Å². The smallest absolute Gasteiger partial charge is 0.407 e. The molecule has 0 bridgehead atoms. The highest BCUT2D eigenvalue weighted by Crippen LogP contribution is 2.53. The Hall–Kier alpha value is -2.26. The molecule has 1 aliphatic heterocycles. The summed E-state index contributed by atoms with van der Waals surface area (Å²) >= 11 is 0. The predicted octanol–water partition coefficient (Wildman–Crippen LogP) is 3.15. The van der Waals surface area contributed by atoms with Crippen LogP contribution < -0.4 is 10.4 Å². The first-order chi connectivity index (χ1) is 16.2. The van der Waals surface area contributed by atoms with Crippen LogP contribution in [0.25, 0.3) is 0 Å². The van der Waals surface area contributed by atoms with E-state index in [1.165, 1.54) is 6.92 Å². The lowest BCUT2D eigenvalue weighted by Crippen LogP contribution is -2.51. The molecular weight excluding hydrogens is 475 g/mol. The molecule has 0 spiro atoms. The number of hydrogen-bond donors (Lipinski definition) is 2. The van der Waals surface area contributed by atoms with E-state index in [2.05, 4.69) is 10.4 Å². The first-order valence-electron chi connectivity index (χ1n) is 11.6. The molecule has 1 aliphatic rings. The van der Waals surface area contributed by atoms with Gasteiger partial charge >= 0.3 is 19.7 Å². The van der Waals surface area contributed by atoms with E-state index in [0.29, 0.717) is 6.42 Å². The Bertz CT molecular complexity index is 929. The number of amides is 1. The van der Waals surface area contributed by atoms with E-state index in [0.717, 1.165) is 5.56 Å². The van der Waals surface area contributed by atoms with Gasteiger partial charge in [0.1, 0.15) is 11.6 Å². The Balaban J connectivity index is 1.87. The van der Waals surface area contributed by atoms with Crippen LogP contribution in [0.3, 0.4) is 0 Å². The molecule has 0 saturated carbocycles. The average molecular weight is 513 g/mol. The first kappa shape index (κ1) is 29.0. The van der Waals surface area contributed by atoms with E-state index in [-0.39, 0.29) is 26.2 Å². The quantitative estimate of drug-likeness (QED) is 0.359. The van der Waals surface area contributed by atoms with Crippen molar-refractivity contribution >= 4 is 25.6 Å². The second-order valence-corrected chi connectivity index (χ2v) is 11.8. The summed E-state index contributed by atoms with van der Waals surface area (Å²) in [6, 6.07) is 8.56. The van der Waals surface area contributed by atoms with Gasteiger partial charge in [0, 0.05) is 18.4 Å². The number of ether oxygens (including phenoxy) is 2. The van der Waals surface area contributed by atoms with Crippen LogP contribution in [-0.4, -0.2) is 55.4 Å². The Morgan fingerprint density at radius 1 is 1.20 bits per heavy atom. The topological polar surface area (TPSA) is 129 Å². The van der Waals surface area contributed by atoms with Crippen LogP contribution in [0, 0.1) is 5.41 Å². The molecule has 1 heterocycles. The summed E-state index contributed by atoms with van der Waals surface area (Å²) in [4.78, 5) is 37.0. The van der Waals surface area contributed by atoms with Gasteiger partial charge in [0.25, 0.3) is 0 Å². The number of hydrogen-bond acceptors (Lipinski definition) is 8. The van der Waals surface area contributed by atoms with E-state index in [4.69, 9.17) is 18.5 Å². The van der Waals surface area contributed by atoms with Crippen molar-refractivity contribution in [2.24, 2.45) is 5.41 Å². The highest BCUT2D eigenvalue weighted by Gasteiger charge is 2.49. The summed E-state index contributed by atoms with van der Waals surface area (Å²) in [6.45, 7) is 10.4. The monoisotopic (exact) mass is 512 g/mol. The van der Waals surface area contributed by atoms with Crippen LogP contribution in [-0.2, 0) is 43.9 Å². The van der Waals surface area contributed by atoms with Gasteiger partial charge in [-0.1, -0.05) is 44.2 Å². The van der Waals surface area contributed by atoms with Crippen molar-refractivity contribution in [3.05, 3.63) is 35.9 Å². The van der Waals surface area contributed by atoms with Gasteiger partial charge in [0.15, 0.2) is 6.10 Å². The molecule has 3 atom stereocenters. The van der Waals surface area contributed by atoms with Crippen LogP contribution in [0.15, 0.2) is 30.3 Å². The van der Waals surface area contributed by atoms with Crippen molar-refractivity contribution in [3.8, 4) is 0 Å². The molecule has 1 aromatic carbocycles. The maximum Gasteiger partial charge on any atom is 0.407 e. The van der Waals surface area contributed by atoms with Crippen LogP contribution in [0.1, 0.15) is 53.5 Å². The van der Waals surface area contributed by atoms with Crippen LogP contribution in [0.4, 0.5) is 0 Å². The Labute approximate surface area is 207 Å². The molecular formula is C24H37N2O8P. The molecule has 1 amide bonds. The molecule has 11 heteroatoms. The van der Waals surface area contributed by atoms with E-state index >= 15 is 0 Å². The lowest BCUT2D eigenvalue weighted by Gasteiger charge is -2.40. The zero-order chi connectivity index (χ0) is 26.3. The Kier molecular flexibility index (Phi) is 10.0. The standard InChI is InChI=1S/C24H37N2O8P/c1-17(22(29)31-15-13-18-10-8-7-9-11-18)26-35(30)32-16-24(5,6)20(34-35)21(28)25-14-12-19(27)33-23(2,3)4/h7-11,17,20H,12-16H2,1-6H3,(H,25,28)(H,26,30)/t17-,20-,35?/m0/s1. The molecule has 196 valence electrons. The summed E-state index contributed by atoms with van der Waals surface area (Å²) in [5, 5.41) is 5.17. The minimum Gasteiger partial charge on any atom is -0.464 e. The SMILES string of the molecule is C[C@H](NP1(=O)OCC(C)(C)[C@H](C(=O)NCCC(=O)OC(C)(C)C)O1)C(=O)OCCc1ccccc1. The molecule has 1 aromatic rings. The molecule has 10 nitrogen and oxygen atoms in total. The number of carbonyl (C=O) groups is 3. The first-order valence-corrected chi connectivity index (χ1v) is 13.2. The summed E-state index contributed by atoms with van der Waals surface area (Å²) in [7, 11) is -3.99. The summed E-state index contributed by atoms with van der Waals surface area (Å²) in [6.07, 6.45) is -0.604. The molecule has 0 aliphatic carbocycles. The highest BCUT2D eigenvalue weighted by atomic mass is 31.2. The average Bonchev–Trinajstić information content (AvgIpc) is 2.75. The van der Waals surface area contributed by atoms with Crippen molar-refractivity contribution in [2.75, 3.05) is 19.8 Å². The predicted molar refractivity (Wildman–Crippen MR) is 129 cm³/mol. The molecule has 2 N–H and O–H groups in total. The van der Waals surface area contributed by atoms with Gasteiger partial charge in [-0.3, -0.25) is 23.4 Å². The lowest BCUT2D eigenvalue weighted by molar-refractivity contribution is -0.154. The molecule has 2 rings (SSSR count). The van der Waals surface area contributed by atoms with Gasteiger partial charge < -0.3 is 14.8 Å². The molecule has 0 aromatic heterocycles. The number of rotatable bonds is 10. The fraction of sp³-hybridized carbons (Fsp3) is 0.625. The second-order valence-electron chi connectivity index (χ2n) is 10.1. The maximum atomic E-state index is 13.2. The van der Waals surface area contributed by atoms with Gasteiger partial charge in [-0.05, 0) is 33.3 Å². The largest absolute Gasteiger partial charge is 0.464 e. The van der Waals surface area contributed by atoms with Crippen molar-refractivity contribution in [3.63, 3.8) is 0 Å². The maximum absolute atomic E-state index is 13.2. The van der Waals surface area contributed by atoms with E-state index in [1.807, 2.05) is 30.3 Å². The fourth-order valence-electron chi connectivity index (χ4n) is 3.21. The number of nitrogens with one attached hydrogen (secondary N) is 2. The van der Waals surface area contributed by atoms with Crippen molar-refractivity contribution in [2.45, 2.75) is 72.1 Å². The minimum absolute atomic E-state index is 0.0194. The van der Waals surface area contributed by atoms with E-state index < -0.39 is 48.8 Å². The highest BCUT2D eigenvalue weighted by molar-refractivity contribution is 7.51. The molecule has 35 heavy (non-hydrogen) atoms. The number of benzene rings is 1. The molecule has 1 unspecified atom stereocenters. The Morgan fingerprint density at radius 2 is 1.86 bits per heavy atom. The lowest BCUT2D eigenvalue weighted by atomic mass is 9.87. The zero-order valence-corrected chi connectivity index (χ0v) is 22.2. The van der Waals surface area contributed by atoms with Gasteiger partial charge in [0.05, 0.1) is 19.6 Å². The number of esters is 2. The third kappa shape index (κ3) is 9.72. The van der Waals surface area contributed by atoms with Gasteiger partial charge in [-0.25, -0.2) is 9.65 Å². The fourth-order valence-corrected chi connectivity index (χ4v) is 5.15. The molecule has 1 fully saturated rings. The molecule has 1 saturated heterocycles. The van der Waals surface area contributed by atoms with Crippen LogP contribution in [0.2, 0.25) is 0 Å². The summed E-state index contributed by atoms with van der Waals surface area (Å²) in [5.74, 6) is -1.61. The summed E-state index contributed by atoms with van der Waals surface area (Å²) < 4.78 is 34.6. The van der Waals surface area contributed by atoms with E-state index in [1.54, 1.807) is 34.6 Å².